The average molecular weight is 1280 g/mol. The smallest absolute Gasteiger partial charge is 0.330 e. The highest BCUT2D eigenvalue weighted by Gasteiger charge is 2.45. The molecule has 0 aliphatic carbocycles. The summed E-state index contributed by atoms with van der Waals surface area (Å²) >= 11 is 0. The second-order valence-electron chi connectivity index (χ2n) is 26.0. The topological polar surface area (TPSA) is 274 Å². The number of methoxy groups -OCH3 is 2. The lowest BCUT2D eigenvalue weighted by atomic mass is 9.87. The first kappa shape index (κ1) is 72.4. The molecule has 7 amide bonds. The van der Waals surface area contributed by atoms with Crippen molar-refractivity contribution in [3.8, 4) is 11.5 Å². The molecule has 0 aromatic heterocycles. The number of carbonyl (C=O) groups excluding carboxylic acids is 11. The number of likely N-dealkylation sites (N-methyl/N-ethyl adjacent to an activating group) is 3. The minimum absolute atomic E-state index is 0.0199. The number of nitrogens with one attached hydrogen (secondary N) is 2. The second kappa shape index (κ2) is 33.1. The highest BCUT2D eigenvalue weighted by Crippen LogP contribution is 2.33. The maximum atomic E-state index is 15.2. The summed E-state index contributed by atoms with van der Waals surface area (Å²) in [5.74, 6) is -6.93. The van der Waals surface area contributed by atoms with Gasteiger partial charge in [-0.05, 0) is 139 Å². The van der Waals surface area contributed by atoms with Crippen molar-refractivity contribution in [3.05, 3.63) is 102 Å². The van der Waals surface area contributed by atoms with Crippen LogP contribution < -0.4 is 20.1 Å². The van der Waals surface area contributed by atoms with Crippen LogP contribution in [0.2, 0.25) is 0 Å². The van der Waals surface area contributed by atoms with Gasteiger partial charge in [0.2, 0.25) is 41.2 Å². The Morgan fingerprint density at radius 1 is 0.707 bits per heavy atom. The third-order valence-corrected chi connectivity index (χ3v) is 16.6. The van der Waals surface area contributed by atoms with E-state index in [-0.39, 0.29) is 75.7 Å². The van der Waals surface area contributed by atoms with Gasteiger partial charge in [0.1, 0.15) is 48.5 Å². The molecule has 3 aliphatic heterocycles. The van der Waals surface area contributed by atoms with Crippen LogP contribution in [0.3, 0.4) is 0 Å². The normalized spacial score (nSPS) is 22.9. The third-order valence-electron chi connectivity index (χ3n) is 16.6. The molecule has 23 nitrogen and oxygen atoms in total. The van der Waals surface area contributed by atoms with Crippen LogP contribution in [0, 0.1) is 11.3 Å². The number of carbonyl (C=O) groups is 11. The van der Waals surface area contributed by atoms with E-state index in [9.17, 15) is 47.9 Å². The zero-order chi connectivity index (χ0) is 67.6. The molecule has 6 rings (SSSR count). The van der Waals surface area contributed by atoms with Crippen molar-refractivity contribution in [1.82, 2.24) is 29.8 Å². The molecule has 0 radical (unpaired) electrons. The van der Waals surface area contributed by atoms with Crippen molar-refractivity contribution in [2.45, 2.75) is 174 Å². The molecule has 500 valence electrons. The second-order valence-corrected chi connectivity index (χ2v) is 26.0. The van der Waals surface area contributed by atoms with Crippen molar-refractivity contribution in [3.63, 3.8) is 0 Å². The number of anilines is 1. The number of nitrogens with zero attached hydrogens (tertiary/aromatic N) is 5. The summed E-state index contributed by atoms with van der Waals surface area (Å²) in [6.45, 7) is 11.6. The average Bonchev–Trinajstić information content (AvgIpc) is 1.39. The van der Waals surface area contributed by atoms with E-state index in [1.54, 1.807) is 94.5 Å². The van der Waals surface area contributed by atoms with Crippen LogP contribution in [0.5, 0.6) is 11.5 Å². The van der Waals surface area contributed by atoms with Gasteiger partial charge in [0, 0.05) is 71.8 Å². The van der Waals surface area contributed by atoms with Crippen LogP contribution in [0.4, 0.5) is 5.69 Å². The van der Waals surface area contributed by atoms with Gasteiger partial charge in [-0.2, -0.15) is 0 Å². The monoisotopic (exact) mass is 1280 g/mol. The number of amides is 7. The molecule has 3 aromatic carbocycles. The van der Waals surface area contributed by atoms with Crippen LogP contribution in [0.15, 0.2) is 84.9 Å². The minimum Gasteiger partial charge on any atom is -0.493 e. The van der Waals surface area contributed by atoms with Crippen molar-refractivity contribution in [2.75, 3.05) is 66.9 Å². The number of aryl methyl sites for hydroxylation is 1. The standard InChI is InChI=1S/C69H93N7O16/c1-44(2)38-52-63(83)72(8)35-18-17-28-59(79)90-43-69(6,7)61(81)66(86)76-36-19-16-26-51(76)67(87)91-54(31-29-46-30-32-55(88-11)56(40-46)89-12)47-24-20-25-48(41-47)70-57(77)33-34-58(78)71-49(42-60(80)92-68(3,4)5)62(82)73(9)53(39-45-22-14-13-15-23-45)65(85)75-37-21-27-50(75)64(84)74(52)10/h13-15,17,20,22-25,28,30,32,40-41,44,49-54H,16,18-19,21,26-27,29,31,33-39,42-43H2,1-12H3,(H,70,77)(H,71,78)/t49-,50+,51-,52-,53-,54+/m0/s1. The predicted molar refractivity (Wildman–Crippen MR) is 341 cm³/mol. The minimum atomic E-state index is -1.58. The number of hydrogen-bond acceptors (Lipinski definition) is 16. The predicted octanol–water partition coefficient (Wildman–Crippen LogP) is 6.73. The Bertz CT molecular complexity index is 3180. The van der Waals surface area contributed by atoms with Crippen molar-refractivity contribution >= 4 is 70.7 Å². The first-order valence-electron chi connectivity index (χ1n) is 31.7. The Balaban J connectivity index is 1.35. The Morgan fingerprint density at radius 2 is 1.38 bits per heavy atom. The van der Waals surface area contributed by atoms with E-state index < -0.39 is 132 Å². The van der Waals surface area contributed by atoms with E-state index in [1.165, 1.54) is 72.7 Å². The summed E-state index contributed by atoms with van der Waals surface area (Å²) in [5.41, 5.74) is -0.281. The summed E-state index contributed by atoms with van der Waals surface area (Å²) in [6.07, 6.45) is 3.14. The highest BCUT2D eigenvalue weighted by atomic mass is 16.6. The number of Topliss-reactive ketones (excluding diaryl/α,β-unsaturated/α-hetero) is 1. The van der Waals surface area contributed by atoms with Gasteiger partial charge in [-0.15, -0.1) is 0 Å². The summed E-state index contributed by atoms with van der Waals surface area (Å²) in [6, 6.07) is 14.9. The molecule has 6 atom stereocenters. The Labute approximate surface area is 540 Å². The highest BCUT2D eigenvalue weighted by molar-refractivity contribution is 6.38. The van der Waals surface area contributed by atoms with Crippen molar-refractivity contribution < 1.29 is 76.4 Å². The fourth-order valence-electron chi connectivity index (χ4n) is 11.5. The number of cyclic esters (lactones) is 2. The number of ketones is 1. The fourth-order valence-corrected chi connectivity index (χ4v) is 11.5. The summed E-state index contributed by atoms with van der Waals surface area (Å²) in [5, 5.41) is 5.45. The molecule has 2 bridgehead atoms. The molecular weight excluding hydrogens is 1180 g/mol. The van der Waals surface area contributed by atoms with E-state index in [2.05, 4.69) is 10.6 Å². The summed E-state index contributed by atoms with van der Waals surface area (Å²) in [4.78, 5) is 163. The number of esters is 3. The first-order valence-corrected chi connectivity index (χ1v) is 31.7. The zero-order valence-electron chi connectivity index (χ0n) is 55.4. The van der Waals surface area contributed by atoms with Crippen LogP contribution in [-0.4, -0.2) is 187 Å². The van der Waals surface area contributed by atoms with Crippen LogP contribution >= 0.6 is 0 Å². The molecule has 2 N–H and O–H groups in total. The largest absolute Gasteiger partial charge is 0.493 e. The Kier molecular flexibility index (Phi) is 26.1. The first-order chi connectivity index (χ1) is 43.5. The molecule has 3 aromatic rings. The molecule has 92 heavy (non-hydrogen) atoms. The number of rotatable bonds is 11. The van der Waals surface area contributed by atoms with Crippen LogP contribution in [0.1, 0.15) is 142 Å². The van der Waals surface area contributed by atoms with E-state index in [0.29, 0.717) is 48.3 Å². The van der Waals surface area contributed by atoms with Gasteiger partial charge in [0.25, 0.3) is 5.91 Å². The van der Waals surface area contributed by atoms with Gasteiger partial charge in [0.15, 0.2) is 11.5 Å². The fraction of sp³-hybridized carbons (Fsp3) is 0.551. The quantitative estimate of drug-likeness (QED) is 0.114. The molecule has 23 heteroatoms. The summed E-state index contributed by atoms with van der Waals surface area (Å²) < 4.78 is 28.4. The number of hydrogen-bond donors (Lipinski definition) is 2. The summed E-state index contributed by atoms with van der Waals surface area (Å²) in [7, 11) is 7.52. The van der Waals surface area contributed by atoms with E-state index in [4.69, 9.17) is 23.7 Å². The maximum Gasteiger partial charge on any atom is 0.330 e. The van der Waals surface area contributed by atoms with Crippen molar-refractivity contribution in [2.24, 2.45) is 11.3 Å². The number of ether oxygens (including phenoxy) is 5. The van der Waals surface area contributed by atoms with E-state index in [0.717, 1.165) is 11.6 Å². The zero-order valence-corrected chi connectivity index (χ0v) is 55.4. The molecule has 3 heterocycles. The van der Waals surface area contributed by atoms with Gasteiger partial charge in [-0.1, -0.05) is 68.5 Å². The lowest BCUT2D eigenvalue weighted by Gasteiger charge is -2.37. The lowest BCUT2D eigenvalue weighted by molar-refractivity contribution is -0.165. The lowest BCUT2D eigenvalue weighted by Crippen LogP contribution is -2.59. The number of piperidine rings is 1. The molecule has 0 saturated carbocycles. The molecule has 2 saturated heterocycles. The van der Waals surface area contributed by atoms with Crippen LogP contribution in [-0.2, 0) is 79.8 Å². The molecule has 2 fully saturated rings. The molecule has 0 spiro atoms. The molecule has 3 aliphatic rings. The van der Waals surface area contributed by atoms with Gasteiger partial charge in [-0.25, -0.2) is 9.59 Å². The van der Waals surface area contributed by atoms with Gasteiger partial charge >= 0.3 is 17.9 Å². The van der Waals surface area contributed by atoms with Gasteiger partial charge in [0.05, 0.1) is 26.1 Å². The molecule has 0 unspecified atom stereocenters. The number of fused-ring (bicyclic) bond motifs is 4. The van der Waals surface area contributed by atoms with E-state index in [1.807, 2.05) is 19.9 Å². The van der Waals surface area contributed by atoms with E-state index >= 15 is 4.79 Å². The Morgan fingerprint density at radius 3 is 2.07 bits per heavy atom. The number of benzene rings is 3. The van der Waals surface area contributed by atoms with Gasteiger partial charge < -0.3 is 58.8 Å². The van der Waals surface area contributed by atoms with Crippen molar-refractivity contribution in [1.29, 1.82) is 0 Å². The maximum absolute atomic E-state index is 15.2. The SMILES string of the molecule is COc1ccc(CC[C@H]2OC(=O)[C@@H]3CCCCN3C(=O)C(=O)C(C)(C)COC(=O)C=CCCN(C)C(=O)[C@H](CC(C)C)N(C)C(=O)[C@H]3CCCN3C(=O)[C@H](Cc3ccccc3)N(C)C(=O)[C@H](CC(=O)OC(C)(C)C)NC(=O)CCC(=O)Nc3cccc2c3)cc1OC. The third kappa shape index (κ3) is 20.2. The van der Waals surface area contributed by atoms with Gasteiger partial charge in [-0.3, -0.25) is 43.2 Å². The molecular formula is C69H93N7O16. The Hall–Kier alpha value is -8.63. The van der Waals surface area contributed by atoms with Crippen LogP contribution in [0.25, 0.3) is 0 Å².